The largest absolute Gasteiger partial charge is 1.00 e. The van der Waals surface area contributed by atoms with Gasteiger partial charge in [0.1, 0.15) is 0 Å². The second-order valence-electron chi connectivity index (χ2n) is 3.16. The molecule has 1 rings (SSSR count). The van der Waals surface area contributed by atoms with E-state index < -0.39 is 21.8 Å². The van der Waals surface area contributed by atoms with Gasteiger partial charge in [-0.2, -0.15) is 0 Å². The smallest absolute Gasteiger partial charge is 1.00 e. The van der Waals surface area contributed by atoms with Crippen LogP contribution < -0.4 is 51.4 Å². The molecule has 0 amide bonds. The number of halogens is 12. The van der Waals surface area contributed by atoms with Gasteiger partial charge in [-0.3, -0.25) is 0 Å². The topological polar surface area (TPSA) is 9.23 Å². The molecule has 1 aliphatic heterocycles. The van der Waals surface area contributed by atoms with Gasteiger partial charge in [0.2, 0.25) is 0 Å². The van der Waals surface area contributed by atoms with Crippen LogP contribution in [0.25, 0.3) is 0 Å². The predicted molar refractivity (Wildman–Crippen MR) is 56.3 cm³/mol. The van der Waals surface area contributed by atoms with Gasteiger partial charge < -0.3 is 58.0 Å². The molecule has 1 saturated heterocycles. The van der Waals surface area contributed by atoms with Crippen molar-refractivity contribution in [2.24, 2.45) is 0 Å². The van der Waals surface area contributed by atoms with Gasteiger partial charge in [0.05, 0.1) is 0 Å². The van der Waals surface area contributed by atoms with Crippen LogP contribution in [0.4, 0.5) is 51.8 Å². The molecular weight excluding hydrogens is 376 g/mol. The summed E-state index contributed by atoms with van der Waals surface area (Å²) in [4.78, 5) is 0. The Morgan fingerprint density at radius 1 is 0.500 bits per heavy atom. The Kier molecular flexibility index (Phi) is 21.7. The average molecular weight is 387 g/mol. The van der Waals surface area contributed by atoms with E-state index in [2.05, 4.69) is 0 Å². The monoisotopic (exact) mass is 387 g/mol. The molecule has 22 heavy (non-hydrogen) atoms. The molecular formula is C5H11B3F12KO-3. The molecule has 0 aromatic carbocycles. The first-order chi connectivity index (χ1) is 9.00. The van der Waals surface area contributed by atoms with Crippen LogP contribution >= 0.6 is 0 Å². The summed E-state index contributed by atoms with van der Waals surface area (Å²) in [5.41, 5.74) is 0. The third-order valence-electron chi connectivity index (χ3n) is 1.08. The number of hydrogen-bond donors (Lipinski definition) is 0. The summed E-state index contributed by atoms with van der Waals surface area (Å²) < 4.78 is 122. The first kappa shape index (κ1) is 30.8. The van der Waals surface area contributed by atoms with E-state index in [1.807, 2.05) is 0 Å². The van der Waals surface area contributed by atoms with Crippen molar-refractivity contribution in [3.63, 3.8) is 0 Å². The fourth-order valence-corrected chi connectivity index (χ4v) is 0.687. The third-order valence-corrected chi connectivity index (χ3v) is 1.08. The first-order valence-corrected chi connectivity index (χ1v) is 5.20. The Morgan fingerprint density at radius 3 is 0.727 bits per heavy atom. The molecule has 1 aliphatic rings. The minimum absolute atomic E-state index is 0. The zero-order valence-corrected chi connectivity index (χ0v) is 14.3. The molecule has 1 nitrogen and oxygen atoms in total. The van der Waals surface area contributed by atoms with Crippen molar-refractivity contribution in [3.8, 4) is 0 Å². The van der Waals surface area contributed by atoms with Crippen LogP contribution in [0, 0.1) is 0 Å². The van der Waals surface area contributed by atoms with E-state index in [1.54, 1.807) is 0 Å². The van der Waals surface area contributed by atoms with E-state index in [1.165, 1.54) is 19.3 Å². The fourth-order valence-electron chi connectivity index (χ4n) is 0.687. The molecule has 134 valence electrons. The molecule has 0 saturated carbocycles. The minimum Gasteiger partial charge on any atom is -1.00 e. The van der Waals surface area contributed by atoms with E-state index in [9.17, 15) is 51.8 Å². The molecule has 0 atom stereocenters. The van der Waals surface area contributed by atoms with Gasteiger partial charge in [-0.15, -0.1) is 0 Å². The third kappa shape index (κ3) is 173. The zero-order chi connectivity index (χ0) is 17.7. The standard InChI is InChI=1S/C5H10O.3BF4.K.H/c1-2-4-6-5-3-1;3*2-1(3,4)5;;/h1-5H2;;;;;/q;3*-1;+1;-1. The van der Waals surface area contributed by atoms with Crippen molar-refractivity contribution in [2.75, 3.05) is 13.2 Å². The van der Waals surface area contributed by atoms with E-state index >= 15 is 0 Å². The first-order valence-electron chi connectivity index (χ1n) is 5.20. The van der Waals surface area contributed by atoms with Crippen molar-refractivity contribution in [1.29, 1.82) is 0 Å². The Hall–Kier alpha value is 0.951. The Balaban J connectivity index is -0.0000000612. The van der Waals surface area contributed by atoms with Crippen molar-refractivity contribution in [1.82, 2.24) is 0 Å². The molecule has 0 aromatic heterocycles. The molecule has 0 radical (unpaired) electrons. The van der Waals surface area contributed by atoms with Gasteiger partial charge in [-0.1, -0.05) is 0 Å². The summed E-state index contributed by atoms with van der Waals surface area (Å²) in [6.45, 7) is 2.00. The Bertz CT molecular complexity index is 174. The molecule has 0 aromatic rings. The molecule has 0 bridgehead atoms. The molecule has 0 aliphatic carbocycles. The summed E-state index contributed by atoms with van der Waals surface area (Å²) in [5, 5.41) is 0. The van der Waals surface area contributed by atoms with E-state index in [0.717, 1.165) is 13.2 Å². The van der Waals surface area contributed by atoms with Crippen LogP contribution in [-0.4, -0.2) is 35.0 Å². The normalized spacial score (nSPS) is 14.7. The fraction of sp³-hybridized carbons (Fsp3) is 1.00. The van der Waals surface area contributed by atoms with Crippen molar-refractivity contribution >= 4 is 21.8 Å². The van der Waals surface area contributed by atoms with Crippen LogP contribution in [0.1, 0.15) is 20.7 Å². The summed E-state index contributed by atoms with van der Waals surface area (Å²) >= 11 is 0. The minimum atomic E-state index is -6.00. The summed E-state index contributed by atoms with van der Waals surface area (Å²) in [6, 6.07) is 0. The van der Waals surface area contributed by atoms with E-state index in [-0.39, 0.29) is 52.8 Å². The second-order valence-corrected chi connectivity index (χ2v) is 3.16. The summed E-state index contributed by atoms with van der Waals surface area (Å²) in [5.74, 6) is 0. The van der Waals surface area contributed by atoms with Gasteiger partial charge >= 0.3 is 73.1 Å². The van der Waals surface area contributed by atoms with E-state index in [4.69, 9.17) is 4.74 Å². The molecule has 0 spiro atoms. The van der Waals surface area contributed by atoms with Gasteiger partial charge in [0.25, 0.3) is 0 Å². The van der Waals surface area contributed by atoms with Gasteiger partial charge in [-0.25, -0.2) is 0 Å². The van der Waals surface area contributed by atoms with Gasteiger partial charge in [0.15, 0.2) is 0 Å². The average Bonchev–Trinajstić information content (AvgIpc) is 2.12. The van der Waals surface area contributed by atoms with Crippen LogP contribution in [0.2, 0.25) is 0 Å². The zero-order valence-electron chi connectivity index (χ0n) is 12.2. The van der Waals surface area contributed by atoms with Crippen molar-refractivity contribution < 1.29 is 109 Å². The summed E-state index contributed by atoms with van der Waals surface area (Å²) in [6.07, 6.45) is 3.93. The molecule has 0 N–H and O–H groups in total. The number of hydrogen-bond acceptors (Lipinski definition) is 1. The van der Waals surface area contributed by atoms with Crippen molar-refractivity contribution in [2.45, 2.75) is 19.3 Å². The van der Waals surface area contributed by atoms with Crippen LogP contribution in [0.15, 0.2) is 0 Å². The Labute approximate surface area is 162 Å². The van der Waals surface area contributed by atoms with Crippen LogP contribution in [0.5, 0.6) is 0 Å². The maximum absolute atomic E-state index is 9.75. The molecule has 1 fully saturated rings. The quantitative estimate of drug-likeness (QED) is 0.458. The number of rotatable bonds is 0. The number of ether oxygens (including phenoxy) is 1. The summed E-state index contributed by atoms with van der Waals surface area (Å²) in [7, 11) is -18.0. The maximum atomic E-state index is 9.75. The molecule has 1 heterocycles. The predicted octanol–water partition coefficient (Wildman–Crippen LogP) is 2.20. The van der Waals surface area contributed by atoms with Gasteiger partial charge in [0, 0.05) is 13.2 Å². The van der Waals surface area contributed by atoms with Crippen molar-refractivity contribution in [3.05, 3.63) is 0 Å². The Morgan fingerprint density at radius 2 is 0.682 bits per heavy atom. The molecule has 0 unspecified atom stereocenters. The van der Waals surface area contributed by atoms with E-state index in [0.29, 0.717) is 0 Å². The van der Waals surface area contributed by atoms with Crippen LogP contribution in [-0.2, 0) is 4.74 Å². The van der Waals surface area contributed by atoms with Gasteiger partial charge in [-0.05, 0) is 19.3 Å². The maximum Gasteiger partial charge on any atom is 1.00 e. The van der Waals surface area contributed by atoms with Crippen LogP contribution in [0.3, 0.4) is 0 Å². The molecule has 17 heteroatoms. The SMILES string of the molecule is C1CCOCC1.F[B-](F)(F)F.F[B-](F)(F)F.F[B-](F)(F)F.[H-].[K+]. The second kappa shape index (κ2) is 15.5.